The van der Waals surface area contributed by atoms with Gasteiger partial charge in [0.25, 0.3) is 5.91 Å². The van der Waals surface area contributed by atoms with Crippen molar-refractivity contribution in [2.45, 2.75) is 24.4 Å². The number of hydrogen-bond donors (Lipinski definition) is 1. The normalized spacial score (nSPS) is 19.0. The number of likely N-dealkylation sites (tertiary alicyclic amines) is 1. The van der Waals surface area contributed by atoms with Crippen LogP contribution in [0.2, 0.25) is 5.02 Å². The van der Waals surface area contributed by atoms with Crippen LogP contribution in [0.15, 0.2) is 72.8 Å². The fraction of sp³-hybridized carbons (Fsp3) is 0.259. The van der Waals surface area contributed by atoms with Gasteiger partial charge in [-0.2, -0.15) is 18.4 Å². The monoisotopic (exact) mass is 513 g/mol. The highest BCUT2D eigenvalue weighted by Gasteiger charge is 2.38. The van der Waals surface area contributed by atoms with E-state index in [-0.39, 0.29) is 17.7 Å². The molecule has 4 rings (SSSR count). The van der Waals surface area contributed by atoms with Crippen molar-refractivity contribution in [3.8, 4) is 6.07 Å². The highest BCUT2D eigenvalue weighted by atomic mass is 35.5. The van der Waals surface area contributed by atoms with E-state index in [1.54, 1.807) is 31.4 Å². The molecule has 0 spiro atoms. The summed E-state index contributed by atoms with van der Waals surface area (Å²) >= 11 is 6.10. The summed E-state index contributed by atoms with van der Waals surface area (Å²) in [5.74, 6) is -0.473. The number of nitrogens with one attached hydrogen (secondary N) is 1. The molecule has 3 aromatic carbocycles. The summed E-state index contributed by atoms with van der Waals surface area (Å²) in [5, 5.41) is 12.7. The summed E-state index contributed by atoms with van der Waals surface area (Å²) in [5.41, 5.74) is 1.81. The van der Waals surface area contributed by atoms with Crippen LogP contribution in [0.4, 0.5) is 13.2 Å². The fourth-order valence-corrected chi connectivity index (χ4v) is 4.58. The molecular formula is C27H23ClF3N3O2. The first-order valence-corrected chi connectivity index (χ1v) is 11.6. The van der Waals surface area contributed by atoms with Crippen molar-refractivity contribution in [3.05, 3.63) is 106 Å². The van der Waals surface area contributed by atoms with Gasteiger partial charge in [-0.05, 0) is 59.7 Å². The van der Waals surface area contributed by atoms with Crippen molar-refractivity contribution >= 4 is 17.5 Å². The van der Waals surface area contributed by atoms with Gasteiger partial charge in [-0.3, -0.25) is 9.69 Å². The lowest BCUT2D eigenvalue weighted by Crippen LogP contribution is -2.43. The van der Waals surface area contributed by atoms with Gasteiger partial charge in [-0.15, -0.1) is 0 Å². The van der Waals surface area contributed by atoms with E-state index in [2.05, 4.69) is 16.3 Å². The average Bonchev–Trinajstić information content (AvgIpc) is 3.27. The van der Waals surface area contributed by atoms with Crippen LogP contribution in [0, 0.1) is 11.3 Å². The summed E-state index contributed by atoms with van der Waals surface area (Å²) in [4.78, 5) is 15.0. The van der Waals surface area contributed by atoms with E-state index in [4.69, 9.17) is 16.3 Å². The molecule has 2 unspecified atom stereocenters. The second-order valence-electron chi connectivity index (χ2n) is 8.57. The van der Waals surface area contributed by atoms with Crippen molar-refractivity contribution in [3.63, 3.8) is 0 Å². The number of nitrogens with zero attached hydrogens (tertiary/aromatic N) is 2. The second kappa shape index (κ2) is 10.7. The minimum absolute atomic E-state index is 0.137. The van der Waals surface area contributed by atoms with Crippen LogP contribution in [-0.4, -0.2) is 43.2 Å². The first kappa shape index (κ1) is 25.7. The van der Waals surface area contributed by atoms with Crippen LogP contribution in [0.25, 0.3) is 0 Å². The molecule has 1 aliphatic rings. The van der Waals surface area contributed by atoms with Crippen LogP contribution in [0.1, 0.15) is 38.7 Å². The number of carbonyl (C=O) groups is 1. The Morgan fingerprint density at radius 3 is 2.14 bits per heavy atom. The van der Waals surface area contributed by atoms with Crippen LogP contribution in [0.5, 0.6) is 0 Å². The van der Waals surface area contributed by atoms with Crippen molar-refractivity contribution < 1.29 is 22.7 Å². The van der Waals surface area contributed by atoms with Gasteiger partial charge in [0, 0.05) is 30.8 Å². The van der Waals surface area contributed by atoms with Crippen molar-refractivity contribution in [1.29, 1.82) is 5.26 Å². The molecule has 3 aromatic rings. The molecule has 0 bridgehead atoms. The molecule has 9 heteroatoms. The quantitative estimate of drug-likeness (QED) is 0.476. The Morgan fingerprint density at radius 2 is 1.61 bits per heavy atom. The summed E-state index contributed by atoms with van der Waals surface area (Å²) < 4.78 is 44.3. The fourth-order valence-electron chi connectivity index (χ4n) is 4.45. The summed E-state index contributed by atoms with van der Waals surface area (Å²) in [6.45, 7) is 0.944. The zero-order chi connectivity index (χ0) is 25.9. The smallest absolute Gasteiger partial charge is 0.378 e. The maximum absolute atomic E-state index is 12.9. The van der Waals surface area contributed by atoms with Gasteiger partial charge < -0.3 is 10.1 Å². The van der Waals surface area contributed by atoms with E-state index in [1.807, 2.05) is 24.3 Å². The predicted octanol–water partition coefficient (Wildman–Crippen LogP) is 5.45. The van der Waals surface area contributed by atoms with Gasteiger partial charge in [0.05, 0.1) is 35.4 Å². The van der Waals surface area contributed by atoms with Crippen molar-refractivity contribution in [1.82, 2.24) is 10.2 Å². The van der Waals surface area contributed by atoms with Gasteiger partial charge >= 0.3 is 6.18 Å². The molecule has 36 heavy (non-hydrogen) atoms. The van der Waals surface area contributed by atoms with Crippen LogP contribution in [-0.2, 0) is 10.9 Å². The molecule has 5 nitrogen and oxygen atoms in total. The lowest BCUT2D eigenvalue weighted by Gasteiger charge is -2.29. The third-order valence-electron chi connectivity index (χ3n) is 6.29. The number of ether oxygens (including phenoxy) is 1. The number of methoxy groups -OCH3 is 1. The van der Waals surface area contributed by atoms with E-state index in [9.17, 15) is 23.2 Å². The van der Waals surface area contributed by atoms with Crippen LogP contribution >= 0.6 is 11.6 Å². The summed E-state index contributed by atoms with van der Waals surface area (Å²) in [6, 6.07) is 20.4. The van der Waals surface area contributed by atoms with E-state index in [1.165, 1.54) is 12.1 Å². The second-order valence-corrected chi connectivity index (χ2v) is 9.01. The summed E-state index contributed by atoms with van der Waals surface area (Å²) in [6.07, 6.45) is -4.80. The first-order chi connectivity index (χ1) is 17.2. The first-order valence-electron chi connectivity index (χ1n) is 11.2. The zero-order valence-corrected chi connectivity index (χ0v) is 20.1. The lowest BCUT2D eigenvalue weighted by molar-refractivity contribution is -0.137. The Balaban J connectivity index is 1.57. The number of alkyl halides is 3. The largest absolute Gasteiger partial charge is 0.416 e. The number of carbonyl (C=O) groups excluding carboxylic acids is 1. The number of halogens is 4. The number of hydrogen-bond acceptors (Lipinski definition) is 4. The Bertz CT molecular complexity index is 1240. The zero-order valence-electron chi connectivity index (χ0n) is 19.3. The minimum atomic E-state index is -4.47. The van der Waals surface area contributed by atoms with E-state index in [0.717, 1.165) is 23.3 Å². The van der Waals surface area contributed by atoms with Crippen LogP contribution in [0.3, 0.4) is 0 Å². The van der Waals surface area contributed by atoms with Crippen molar-refractivity contribution in [2.75, 3.05) is 20.2 Å². The maximum Gasteiger partial charge on any atom is 0.416 e. The molecule has 1 aliphatic heterocycles. The highest BCUT2D eigenvalue weighted by molar-refractivity contribution is 6.30. The molecular weight excluding hydrogens is 491 g/mol. The van der Waals surface area contributed by atoms with Gasteiger partial charge in [0.2, 0.25) is 0 Å². The topological polar surface area (TPSA) is 65.4 Å². The van der Waals surface area contributed by atoms with Gasteiger partial charge in [0.15, 0.2) is 0 Å². The molecule has 3 atom stereocenters. The number of rotatable bonds is 6. The lowest BCUT2D eigenvalue weighted by atomic mass is 9.96. The predicted molar refractivity (Wildman–Crippen MR) is 130 cm³/mol. The molecule has 1 N–H and O–H groups in total. The van der Waals surface area contributed by atoms with Gasteiger partial charge in [0.1, 0.15) is 0 Å². The Morgan fingerprint density at radius 1 is 1.03 bits per heavy atom. The Kier molecular flexibility index (Phi) is 7.65. The number of nitriles is 1. The molecule has 1 fully saturated rings. The van der Waals surface area contributed by atoms with E-state index >= 15 is 0 Å². The number of amides is 1. The molecule has 186 valence electrons. The molecule has 1 amide bonds. The molecule has 1 saturated heterocycles. The summed E-state index contributed by atoms with van der Waals surface area (Å²) in [7, 11) is 1.56. The standard InChI is InChI=1S/C27H23ClF3N3O2/c1-36-24-16-34(15-23(24)33-26(35)20-6-10-21(11-7-20)27(29,30)31)25(19-8-12-22(28)13-9-19)18-4-2-17(14-32)3-5-18/h2-13,23-25H,15-16H2,1H3,(H,33,35)/t23?,24?,25-/m0/s1. The Hall–Kier alpha value is -3.38. The Labute approximate surface area is 212 Å². The van der Waals surface area contributed by atoms with Gasteiger partial charge in [-0.25, -0.2) is 0 Å². The van der Waals surface area contributed by atoms with Crippen molar-refractivity contribution in [2.24, 2.45) is 0 Å². The van der Waals surface area contributed by atoms with Gasteiger partial charge in [-0.1, -0.05) is 35.9 Å². The maximum atomic E-state index is 12.9. The molecule has 0 aliphatic carbocycles. The van der Waals surface area contributed by atoms with Crippen LogP contribution < -0.4 is 5.32 Å². The molecule has 0 saturated carbocycles. The minimum Gasteiger partial charge on any atom is -0.378 e. The molecule has 0 aromatic heterocycles. The van der Waals surface area contributed by atoms with E-state index in [0.29, 0.717) is 23.7 Å². The average molecular weight is 514 g/mol. The third kappa shape index (κ3) is 5.71. The highest BCUT2D eigenvalue weighted by Crippen LogP contribution is 2.33. The number of benzene rings is 3. The molecule has 1 heterocycles. The van der Waals surface area contributed by atoms with E-state index < -0.39 is 23.7 Å². The third-order valence-corrected chi connectivity index (χ3v) is 6.55. The SMILES string of the molecule is COC1CN([C@H](c2ccc(Cl)cc2)c2ccc(C#N)cc2)CC1NC(=O)c1ccc(C(F)(F)F)cc1. The molecule has 0 radical (unpaired) electrons.